The van der Waals surface area contributed by atoms with Gasteiger partial charge < -0.3 is 20.1 Å². The number of carbonyl (C=O) groups excluding carboxylic acids is 2. The normalized spacial score (nSPS) is 24.3. The van der Waals surface area contributed by atoms with Crippen LogP contribution in [0.15, 0.2) is 53.2 Å². The number of carbonyl (C=O) groups is 2. The molecule has 0 saturated carbocycles. The molecule has 0 saturated heterocycles. The second-order valence-corrected chi connectivity index (χ2v) is 7.43. The van der Waals surface area contributed by atoms with Crippen LogP contribution < -0.4 is 10.6 Å². The fraction of sp³-hybridized carbons (Fsp3) is 0.350. The monoisotopic (exact) mass is 401 g/mol. The zero-order valence-corrected chi connectivity index (χ0v) is 17.0. The minimum atomic E-state index is -1.22. The Balaban J connectivity index is 2.29. The van der Waals surface area contributed by atoms with Gasteiger partial charge in [-0.05, 0) is 19.4 Å². The van der Waals surface area contributed by atoms with Gasteiger partial charge in [-0.1, -0.05) is 30.3 Å². The van der Waals surface area contributed by atoms with E-state index in [4.69, 9.17) is 9.47 Å². The fourth-order valence-electron chi connectivity index (χ4n) is 3.91. The van der Waals surface area contributed by atoms with E-state index in [9.17, 15) is 9.59 Å². The highest BCUT2D eigenvalue weighted by Gasteiger charge is 2.58. The number of thiazole rings is 1. The third-order valence-electron chi connectivity index (χ3n) is 5.14. The largest absolute Gasteiger partial charge is 0.468 e. The summed E-state index contributed by atoms with van der Waals surface area (Å²) in [5, 5.41) is 9.00. The Labute approximate surface area is 167 Å². The number of ether oxygens (including phenoxy) is 2. The van der Waals surface area contributed by atoms with E-state index in [1.54, 1.807) is 13.1 Å². The lowest BCUT2D eigenvalue weighted by atomic mass is 9.64. The van der Waals surface area contributed by atoms with E-state index in [-0.39, 0.29) is 6.04 Å². The molecular weight excluding hydrogens is 378 g/mol. The predicted octanol–water partition coefficient (Wildman–Crippen LogP) is 2.47. The quantitative estimate of drug-likeness (QED) is 0.744. The van der Waals surface area contributed by atoms with Crippen LogP contribution in [0.2, 0.25) is 0 Å². The van der Waals surface area contributed by atoms with Crippen molar-refractivity contribution in [1.82, 2.24) is 10.3 Å². The fourth-order valence-corrected chi connectivity index (χ4v) is 4.47. The average molecular weight is 401 g/mol. The van der Waals surface area contributed by atoms with E-state index < -0.39 is 23.4 Å². The summed E-state index contributed by atoms with van der Waals surface area (Å²) in [6, 6.07) is 8.21. The molecule has 3 unspecified atom stereocenters. The summed E-state index contributed by atoms with van der Waals surface area (Å²) in [6.07, 6.45) is 1.66. The molecule has 2 N–H and O–H groups in total. The Morgan fingerprint density at radius 1 is 1.21 bits per heavy atom. The van der Waals surface area contributed by atoms with E-state index in [0.29, 0.717) is 16.4 Å². The molecule has 0 bridgehead atoms. The number of nitrogens with one attached hydrogen (secondary N) is 2. The summed E-state index contributed by atoms with van der Waals surface area (Å²) in [5.74, 6) is -0.975. The van der Waals surface area contributed by atoms with Gasteiger partial charge in [0.15, 0.2) is 5.13 Å². The highest BCUT2D eigenvalue weighted by molar-refractivity contribution is 7.13. The predicted molar refractivity (Wildman–Crippen MR) is 107 cm³/mol. The Morgan fingerprint density at radius 3 is 2.50 bits per heavy atom. The number of anilines is 1. The maximum atomic E-state index is 13.3. The maximum Gasteiger partial charge on any atom is 0.337 e. The van der Waals surface area contributed by atoms with E-state index in [0.717, 1.165) is 5.56 Å². The van der Waals surface area contributed by atoms with Crippen LogP contribution in [0.4, 0.5) is 5.13 Å². The average Bonchev–Trinajstić information content (AvgIpc) is 3.21. The number of esters is 2. The van der Waals surface area contributed by atoms with Crippen LogP contribution in [0, 0.1) is 0 Å². The number of hydrogen-bond donors (Lipinski definition) is 2. The molecule has 148 valence electrons. The van der Waals surface area contributed by atoms with Crippen LogP contribution in [0.5, 0.6) is 0 Å². The number of aromatic nitrogens is 1. The van der Waals surface area contributed by atoms with Crippen LogP contribution in [0.1, 0.15) is 19.4 Å². The Hall–Kier alpha value is -2.87. The topological polar surface area (TPSA) is 89.5 Å². The van der Waals surface area contributed by atoms with E-state index >= 15 is 0 Å². The minimum Gasteiger partial charge on any atom is -0.468 e. The summed E-state index contributed by atoms with van der Waals surface area (Å²) < 4.78 is 10.3. The standard InChI is InChI=1S/C20H23N3O4S/c1-12-15(17(24)26-3)16(23-19-21-10-11-28-19)20(13(2)22-12,18(25)27-4)14-8-6-5-7-9-14/h5-11,13,16,22H,1-4H3,(H,21,23). The van der Waals surface area contributed by atoms with Crippen LogP contribution in [0.3, 0.4) is 0 Å². The van der Waals surface area contributed by atoms with Gasteiger partial charge in [0, 0.05) is 23.3 Å². The van der Waals surface area contributed by atoms with Gasteiger partial charge in [-0.15, -0.1) is 11.3 Å². The molecule has 2 aromatic rings. The molecule has 0 aliphatic carbocycles. The summed E-state index contributed by atoms with van der Waals surface area (Å²) >= 11 is 1.39. The Kier molecular flexibility index (Phi) is 5.69. The third kappa shape index (κ3) is 3.13. The molecule has 0 spiro atoms. The Bertz CT molecular complexity index is 882. The van der Waals surface area contributed by atoms with Gasteiger partial charge in [0.25, 0.3) is 0 Å². The summed E-state index contributed by atoms with van der Waals surface area (Å²) in [7, 11) is 2.67. The number of methoxy groups -OCH3 is 2. The number of benzene rings is 1. The van der Waals surface area contributed by atoms with E-state index in [1.807, 2.05) is 42.6 Å². The molecule has 1 aromatic heterocycles. The van der Waals surface area contributed by atoms with Crippen molar-refractivity contribution >= 4 is 28.4 Å². The van der Waals surface area contributed by atoms with Gasteiger partial charge in [0.1, 0.15) is 5.41 Å². The van der Waals surface area contributed by atoms with Crippen molar-refractivity contribution in [3.8, 4) is 0 Å². The number of rotatable bonds is 5. The first-order chi connectivity index (χ1) is 13.5. The van der Waals surface area contributed by atoms with Gasteiger partial charge in [0.05, 0.1) is 25.8 Å². The lowest BCUT2D eigenvalue weighted by Gasteiger charge is -2.47. The first-order valence-corrected chi connectivity index (χ1v) is 9.70. The highest BCUT2D eigenvalue weighted by atomic mass is 32.1. The van der Waals surface area contributed by atoms with Crippen molar-refractivity contribution in [2.45, 2.75) is 31.3 Å². The SMILES string of the molecule is COC(=O)C1=C(C)NC(C)C(C(=O)OC)(c2ccccc2)C1Nc1nccs1. The Morgan fingerprint density at radius 2 is 1.93 bits per heavy atom. The molecule has 1 aromatic carbocycles. The van der Waals surface area contributed by atoms with Gasteiger partial charge in [-0.25, -0.2) is 9.78 Å². The molecule has 28 heavy (non-hydrogen) atoms. The third-order valence-corrected chi connectivity index (χ3v) is 5.85. The van der Waals surface area contributed by atoms with Crippen molar-refractivity contribution in [1.29, 1.82) is 0 Å². The van der Waals surface area contributed by atoms with E-state index in [2.05, 4.69) is 15.6 Å². The zero-order chi connectivity index (χ0) is 20.3. The molecule has 0 fully saturated rings. The van der Waals surface area contributed by atoms with Crippen molar-refractivity contribution in [2.24, 2.45) is 0 Å². The highest BCUT2D eigenvalue weighted by Crippen LogP contribution is 2.42. The molecular formula is C20H23N3O4S. The molecule has 3 atom stereocenters. The molecule has 8 heteroatoms. The van der Waals surface area contributed by atoms with Crippen molar-refractivity contribution < 1.29 is 19.1 Å². The first-order valence-electron chi connectivity index (χ1n) is 8.82. The zero-order valence-electron chi connectivity index (χ0n) is 16.2. The van der Waals surface area contributed by atoms with Gasteiger partial charge in [-0.3, -0.25) is 4.79 Å². The molecule has 2 heterocycles. The maximum absolute atomic E-state index is 13.3. The molecule has 7 nitrogen and oxygen atoms in total. The minimum absolute atomic E-state index is 0.338. The van der Waals surface area contributed by atoms with Crippen molar-refractivity contribution in [3.63, 3.8) is 0 Å². The summed E-state index contributed by atoms with van der Waals surface area (Å²) in [6.45, 7) is 3.70. The van der Waals surface area contributed by atoms with Crippen LogP contribution in [0.25, 0.3) is 0 Å². The van der Waals surface area contributed by atoms with Crippen LogP contribution in [-0.2, 0) is 24.5 Å². The van der Waals surface area contributed by atoms with Crippen LogP contribution >= 0.6 is 11.3 Å². The number of allylic oxidation sites excluding steroid dienone is 1. The first kappa shape index (κ1) is 19.9. The lowest BCUT2D eigenvalue weighted by molar-refractivity contribution is -0.149. The lowest BCUT2D eigenvalue weighted by Crippen LogP contribution is -2.65. The number of hydrogen-bond acceptors (Lipinski definition) is 8. The molecule has 1 aliphatic rings. The molecule has 0 radical (unpaired) electrons. The van der Waals surface area contributed by atoms with Gasteiger partial charge in [0.2, 0.25) is 0 Å². The van der Waals surface area contributed by atoms with Gasteiger partial charge >= 0.3 is 11.9 Å². The van der Waals surface area contributed by atoms with Gasteiger partial charge in [-0.2, -0.15) is 0 Å². The molecule has 1 aliphatic heterocycles. The molecule has 0 amide bonds. The smallest absolute Gasteiger partial charge is 0.337 e. The second kappa shape index (κ2) is 8.02. The summed E-state index contributed by atoms with van der Waals surface area (Å²) in [5.41, 5.74) is 0.490. The van der Waals surface area contributed by atoms with Crippen molar-refractivity contribution in [3.05, 3.63) is 58.7 Å². The van der Waals surface area contributed by atoms with E-state index in [1.165, 1.54) is 25.6 Å². The molecule has 3 rings (SSSR count). The number of nitrogens with zero attached hydrogens (tertiary/aromatic N) is 1. The summed E-state index contributed by atoms with van der Waals surface area (Å²) in [4.78, 5) is 30.3. The second-order valence-electron chi connectivity index (χ2n) is 6.54. The van der Waals surface area contributed by atoms with Crippen LogP contribution in [-0.4, -0.2) is 43.2 Å². The van der Waals surface area contributed by atoms with Crippen molar-refractivity contribution in [2.75, 3.05) is 19.5 Å².